The van der Waals surface area contributed by atoms with E-state index in [4.69, 9.17) is 5.73 Å². The summed E-state index contributed by atoms with van der Waals surface area (Å²) < 4.78 is 0. The minimum Gasteiger partial charge on any atom is -0.344 e. The van der Waals surface area contributed by atoms with Gasteiger partial charge in [0, 0.05) is 13.6 Å². The van der Waals surface area contributed by atoms with Gasteiger partial charge in [-0.05, 0) is 24.3 Å². The first-order valence-corrected chi connectivity index (χ1v) is 7.10. The second-order valence-corrected chi connectivity index (χ2v) is 5.26. The van der Waals surface area contributed by atoms with Crippen LogP contribution in [0.4, 0.5) is 0 Å². The summed E-state index contributed by atoms with van der Waals surface area (Å²) in [6.45, 7) is 4.85. The summed E-state index contributed by atoms with van der Waals surface area (Å²) in [4.78, 5) is 13.9. The van der Waals surface area contributed by atoms with Gasteiger partial charge in [0.2, 0.25) is 5.91 Å². The molecule has 0 aliphatic heterocycles. The minimum absolute atomic E-state index is 0.0578. The number of carbonyl (C=O) groups is 1. The number of likely N-dealkylation sites (N-methyl/N-ethyl adjacent to an activating group) is 1. The lowest BCUT2D eigenvalue weighted by Gasteiger charge is -2.24. The lowest BCUT2D eigenvalue weighted by molar-refractivity contribution is -0.132. The van der Waals surface area contributed by atoms with E-state index >= 15 is 0 Å². The van der Waals surface area contributed by atoms with Crippen LogP contribution in [-0.2, 0) is 11.2 Å². The van der Waals surface area contributed by atoms with Crippen LogP contribution in [-0.4, -0.2) is 30.4 Å². The van der Waals surface area contributed by atoms with Crippen LogP contribution >= 0.6 is 0 Å². The Morgan fingerprint density at radius 1 is 1.32 bits per heavy atom. The molecule has 0 spiro atoms. The van der Waals surface area contributed by atoms with E-state index in [1.54, 1.807) is 4.90 Å². The molecule has 0 heterocycles. The quantitative estimate of drug-likeness (QED) is 0.820. The van der Waals surface area contributed by atoms with Crippen LogP contribution in [0.25, 0.3) is 0 Å². The third-order valence-corrected chi connectivity index (χ3v) is 3.72. The maximum atomic E-state index is 12.1. The first-order chi connectivity index (χ1) is 9.06. The van der Waals surface area contributed by atoms with E-state index in [9.17, 15) is 4.79 Å². The lowest BCUT2D eigenvalue weighted by Crippen LogP contribution is -2.45. The van der Waals surface area contributed by atoms with Crippen molar-refractivity contribution in [1.29, 1.82) is 0 Å². The molecule has 0 bridgehead atoms. The summed E-state index contributed by atoms with van der Waals surface area (Å²) >= 11 is 0. The molecule has 0 saturated carbocycles. The van der Waals surface area contributed by atoms with Gasteiger partial charge in [-0.1, -0.05) is 50.6 Å². The van der Waals surface area contributed by atoms with Crippen LogP contribution in [0.1, 0.15) is 32.3 Å². The average Bonchev–Trinajstić information content (AvgIpc) is 2.45. The minimum atomic E-state index is -0.369. The number of nitrogens with zero attached hydrogens (tertiary/aromatic N) is 1. The number of carbonyl (C=O) groups excluding carboxylic acids is 1. The molecule has 0 saturated heterocycles. The van der Waals surface area contributed by atoms with Crippen molar-refractivity contribution in [2.75, 3.05) is 13.6 Å². The van der Waals surface area contributed by atoms with E-state index in [1.807, 2.05) is 32.2 Å². The van der Waals surface area contributed by atoms with Crippen LogP contribution < -0.4 is 5.73 Å². The van der Waals surface area contributed by atoms with Gasteiger partial charge < -0.3 is 10.6 Å². The van der Waals surface area contributed by atoms with Crippen molar-refractivity contribution in [2.45, 2.75) is 39.2 Å². The van der Waals surface area contributed by atoms with Gasteiger partial charge in [0.15, 0.2) is 0 Å². The molecule has 0 aromatic heterocycles. The number of benzene rings is 1. The van der Waals surface area contributed by atoms with E-state index < -0.39 is 0 Å². The summed E-state index contributed by atoms with van der Waals surface area (Å²) in [5.74, 6) is 0.298. The standard InChI is InChI=1S/C16H26N2O/c1-4-13(2)15(17)16(19)18(3)12-8-11-14-9-6-5-7-10-14/h5-7,9-10,13,15H,4,8,11-12,17H2,1-3H3/t13-,15-/m0/s1. The molecule has 19 heavy (non-hydrogen) atoms. The van der Waals surface area contributed by atoms with Crippen molar-refractivity contribution >= 4 is 5.91 Å². The van der Waals surface area contributed by atoms with Gasteiger partial charge in [0.1, 0.15) is 0 Å². The summed E-state index contributed by atoms with van der Waals surface area (Å²) in [5.41, 5.74) is 7.28. The second kappa shape index (κ2) is 7.95. The molecule has 3 nitrogen and oxygen atoms in total. The Hall–Kier alpha value is -1.35. The highest BCUT2D eigenvalue weighted by atomic mass is 16.2. The Bertz CT molecular complexity index is 378. The topological polar surface area (TPSA) is 46.3 Å². The van der Waals surface area contributed by atoms with E-state index in [-0.39, 0.29) is 17.9 Å². The summed E-state index contributed by atoms with van der Waals surface area (Å²) in [5, 5.41) is 0. The van der Waals surface area contributed by atoms with Gasteiger partial charge in [-0.2, -0.15) is 0 Å². The number of hydrogen-bond donors (Lipinski definition) is 1. The smallest absolute Gasteiger partial charge is 0.239 e. The van der Waals surface area contributed by atoms with Crippen LogP contribution in [0.15, 0.2) is 30.3 Å². The van der Waals surface area contributed by atoms with Crippen LogP contribution in [0.5, 0.6) is 0 Å². The Labute approximate surface area is 116 Å². The molecule has 106 valence electrons. The molecule has 1 aromatic rings. The zero-order valence-electron chi connectivity index (χ0n) is 12.3. The normalized spacial score (nSPS) is 13.9. The number of nitrogens with two attached hydrogens (primary N) is 1. The number of rotatable bonds is 7. The molecule has 3 heteroatoms. The van der Waals surface area contributed by atoms with E-state index in [0.717, 1.165) is 25.8 Å². The van der Waals surface area contributed by atoms with E-state index in [2.05, 4.69) is 19.1 Å². The van der Waals surface area contributed by atoms with Gasteiger partial charge in [0.25, 0.3) is 0 Å². The van der Waals surface area contributed by atoms with Crippen molar-refractivity contribution in [3.8, 4) is 0 Å². The predicted octanol–water partition coefficient (Wildman–Crippen LogP) is 2.45. The molecule has 1 aromatic carbocycles. The molecule has 0 aliphatic rings. The van der Waals surface area contributed by atoms with Gasteiger partial charge in [-0.3, -0.25) is 4.79 Å². The van der Waals surface area contributed by atoms with Crippen LogP contribution in [0.2, 0.25) is 0 Å². The molecule has 1 rings (SSSR count). The number of aryl methyl sites for hydroxylation is 1. The molecule has 0 unspecified atom stereocenters. The Morgan fingerprint density at radius 2 is 1.95 bits per heavy atom. The highest BCUT2D eigenvalue weighted by molar-refractivity contribution is 5.81. The first-order valence-electron chi connectivity index (χ1n) is 7.10. The average molecular weight is 262 g/mol. The van der Waals surface area contributed by atoms with Crippen molar-refractivity contribution in [2.24, 2.45) is 11.7 Å². The number of amides is 1. The molecule has 0 aliphatic carbocycles. The van der Waals surface area contributed by atoms with Crippen molar-refractivity contribution < 1.29 is 4.79 Å². The molecular formula is C16H26N2O. The van der Waals surface area contributed by atoms with Crippen molar-refractivity contribution in [3.63, 3.8) is 0 Å². The summed E-state index contributed by atoms with van der Waals surface area (Å²) in [6, 6.07) is 9.97. The van der Waals surface area contributed by atoms with Crippen LogP contribution in [0, 0.1) is 5.92 Å². The fraction of sp³-hybridized carbons (Fsp3) is 0.562. The highest BCUT2D eigenvalue weighted by Crippen LogP contribution is 2.09. The SMILES string of the molecule is CC[C@H](C)[C@H](N)C(=O)N(C)CCCc1ccccc1. The summed E-state index contributed by atoms with van der Waals surface area (Å²) in [7, 11) is 1.84. The molecule has 2 atom stereocenters. The van der Waals surface area contributed by atoms with E-state index in [0.29, 0.717) is 0 Å². The molecule has 0 radical (unpaired) electrons. The highest BCUT2D eigenvalue weighted by Gasteiger charge is 2.22. The molecule has 1 amide bonds. The maximum Gasteiger partial charge on any atom is 0.239 e. The van der Waals surface area contributed by atoms with Crippen molar-refractivity contribution in [3.05, 3.63) is 35.9 Å². The third-order valence-electron chi connectivity index (χ3n) is 3.72. The number of hydrogen-bond acceptors (Lipinski definition) is 2. The van der Waals surface area contributed by atoms with Gasteiger partial charge in [-0.15, -0.1) is 0 Å². The lowest BCUT2D eigenvalue weighted by atomic mass is 9.99. The largest absolute Gasteiger partial charge is 0.344 e. The van der Waals surface area contributed by atoms with Gasteiger partial charge >= 0.3 is 0 Å². The Kier molecular flexibility index (Phi) is 6.57. The maximum absolute atomic E-state index is 12.1. The van der Waals surface area contributed by atoms with Gasteiger partial charge in [-0.25, -0.2) is 0 Å². The first kappa shape index (κ1) is 15.7. The monoisotopic (exact) mass is 262 g/mol. The van der Waals surface area contributed by atoms with E-state index in [1.165, 1.54) is 5.56 Å². The van der Waals surface area contributed by atoms with Crippen molar-refractivity contribution in [1.82, 2.24) is 4.90 Å². The van der Waals surface area contributed by atoms with Crippen LogP contribution in [0.3, 0.4) is 0 Å². The Morgan fingerprint density at radius 3 is 2.53 bits per heavy atom. The van der Waals surface area contributed by atoms with Gasteiger partial charge in [0.05, 0.1) is 6.04 Å². The Balaban J connectivity index is 2.35. The molecular weight excluding hydrogens is 236 g/mol. The third kappa shape index (κ3) is 5.03. The summed E-state index contributed by atoms with van der Waals surface area (Å²) in [6.07, 6.45) is 2.90. The fourth-order valence-corrected chi connectivity index (χ4v) is 2.03. The zero-order chi connectivity index (χ0) is 14.3. The second-order valence-electron chi connectivity index (χ2n) is 5.26. The molecule has 0 fully saturated rings. The fourth-order valence-electron chi connectivity index (χ4n) is 2.03. The molecule has 2 N–H and O–H groups in total. The zero-order valence-corrected chi connectivity index (χ0v) is 12.3. The predicted molar refractivity (Wildman–Crippen MR) is 79.8 cm³/mol.